The Morgan fingerprint density at radius 3 is 1.62 bits per heavy atom. The number of alkyl halides is 1. The van der Waals surface area contributed by atoms with E-state index in [4.69, 9.17) is 18.3 Å². The van der Waals surface area contributed by atoms with Crippen LogP contribution in [-0.2, 0) is 18.3 Å². The van der Waals surface area contributed by atoms with Crippen molar-refractivity contribution in [2.75, 3.05) is 18.6 Å². The number of halogens is 1. The Bertz CT molecular complexity index is 588. The van der Waals surface area contributed by atoms with Crippen molar-refractivity contribution < 1.29 is 18.3 Å². The lowest BCUT2D eigenvalue weighted by atomic mass is 9.91. The molecule has 0 rings (SSSR count). The van der Waals surface area contributed by atoms with Crippen LogP contribution in [0.3, 0.4) is 0 Å². The van der Waals surface area contributed by atoms with Crippen LogP contribution in [0.15, 0.2) is 11.6 Å². The maximum absolute atomic E-state index is 7.41. The summed E-state index contributed by atoms with van der Waals surface area (Å²) in [5.74, 6) is 0.171. The minimum absolute atomic E-state index is 0.00760. The summed E-state index contributed by atoms with van der Waals surface area (Å²) < 4.78 is 26.9. The SMILES string of the molecule is COC(C[C@H](O[Si](C(C)C)(C(C)C)C(C)C)[C@H](C)[C@@H](O[Si](C)(C)C(C)(C)C)/C(C)=C/CI)OC. The molecule has 0 amide bonds. The molecular weight excluding hydrogens is 571 g/mol. The molecule has 0 saturated carbocycles. The van der Waals surface area contributed by atoms with Gasteiger partial charge >= 0.3 is 0 Å². The maximum Gasteiger partial charge on any atom is 0.200 e. The van der Waals surface area contributed by atoms with Gasteiger partial charge in [0.1, 0.15) is 0 Å². The third-order valence-electron chi connectivity index (χ3n) is 8.15. The molecule has 34 heavy (non-hydrogen) atoms. The summed E-state index contributed by atoms with van der Waals surface area (Å²) in [4.78, 5) is 0. The van der Waals surface area contributed by atoms with Gasteiger partial charge in [0.25, 0.3) is 0 Å². The van der Waals surface area contributed by atoms with Crippen LogP contribution >= 0.6 is 22.6 Å². The normalized spacial score (nSPS) is 17.2. The average Bonchev–Trinajstić information content (AvgIpc) is 2.70. The van der Waals surface area contributed by atoms with Crippen LogP contribution in [0, 0.1) is 5.92 Å². The standard InChI is InChI=1S/C27H57IO4Si2/c1-19(2)34(20(3)4,21(5)6)31-24(18-25(29-12)30-13)23(8)26(22(7)16-17-28)32-33(14,15)27(9,10)11/h16,19-21,23-26H,17-18H2,1-15H3/b22-16+/t23-,24-,26-/m0/s1. The van der Waals surface area contributed by atoms with E-state index < -0.39 is 16.6 Å². The molecule has 4 nitrogen and oxygen atoms in total. The van der Waals surface area contributed by atoms with Gasteiger partial charge in [-0.25, -0.2) is 0 Å². The predicted octanol–water partition coefficient (Wildman–Crippen LogP) is 8.96. The zero-order chi connectivity index (χ0) is 27.1. The van der Waals surface area contributed by atoms with Crippen molar-refractivity contribution in [3.05, 3.63) is 11.6 Å². The Kier molecular flexibility index (Phi) is 14.9. The van der Waals surface area contributed by atoms with Crippen LogP contribution < -0.4 is 0 Å². The highest BCUT2D eigenvalue weighted by Crippen LogP contribution is 2.46. The monoisotopic (exact) mass is 628 g/mol. The Morgan fingerprint density at radius 2 is 1.29 bits per heavy atom. The zero-order valence-electron chi connectivity index (χ0n) is 25.0. The van der Waals surface area contributed by atoms with Crippen LogP contribution in [0.4, 0.5) is 0 Å². The molecule has 0 unspecified atom stereocenters. The largest absolute Gasteiger partial charge is 0.413 e. The summed E-state index contributed by atoms with van der Waals surface area (Å²) in [7, 11) is -0.674. The predicted molar refractivity (Wildman–Crippen MR) is 162 cm³/mol. The minimum atomic E-state index is -2.12. The number of methoxy groups -OCH3 is 2. The maximum atomic E-state index is 7.41. The molecule has 0 radical (unpaired) electrons. The molecule has 0 fully saturated rings. The first-order chi connectivity index (χ1) is 15.4. The number of allylic oxidation sites excluding steroid dienone is 1. The molecule has 0 N–H and O–H groups in total. The van der Waals surface area contributed by atoms with Crippen LogP contribution in [0.5, 0.6) is 0 Å². The fourth-order valence-electron chi connectivity index (χ4n) is 5.06. The quantitative estimate of drug-likeness (QED) is 0.0597. The lowest BCUT2D eigenvalue weighted by Crippen LogP contribution is -2.54. The Balaban J connectivity index is 6.61. The number of rotatable bonds is 15. The minimum Gasteiger partial charge on any atom is -0.413 e. The Morgan fingerprint density at radius 1 is 0.853 bits per heavy atom. The molecule has 0 bridgehead atoms. The van der Waals surface area contributed by atoms with Gasteiger partial charge in [-0.05, 0) is 47.3 Å². The van der Waals surface area contributed by atoms with Gasteiger partial charge in [-0.1, -0.05) is 97.9 Å². The van der Waals surface area contributed by atoms with Crippen LogP contribution in [-0.4, -0.2) is 53.8 Å². The highest BCUT2D eigenvalue weighted by atomic mass is 127. The fourth-order valence-corrected chi connectivity index (χ4v) is 12.8. The van der Waals surface area contributed by atoms with Crippen molar-refractivity contribution in [3.8, 4) is 0 Å². The van der Waals surface area contributed by atoms with Gasteiger partial charge in [-0.2, -0.15) is 0 Å². The fraction of sp³-hybridized carbons (Fsp3) is 0.926. The Labute approximate surface area is 228 Å². The van der Waals surface area contributed by atoms with Crippen molar-refractivity contribution in [3.63, 3.8) is 0 Å². The first-order valence-electron chi connectivity index (χ1n) is 13.1. The molecule has 0 saturated heterocycles. The van der Waals surface area contributed by atoms with Crippen molar-refractivity contribution in [2.24, 2.45) is 5.92 Å². The number of ether oxygens (including phenoxy) is 2. The van der Waals surface area contributed by atoms with Crippen molar-refractivity contribution in [1.82, 2.24) is 0 Å². The topological polar surface area (TPSA) is 36.9 Å². The molecule has 0 aliphatic rings. The molecule has 0 aliphatic heterocycles. The van der Waals surface area contributed by atoms with E-state index in [0.717, 1.165) is 4.43 Å². The van der Waals surface area contributed by atoms with E-state index in [2.05, 4.69) is 118 Å². The summed E-state index contributed by atoms with van der Waals surface area (Å²) in [6, 6.07) is 0. The van der Waals surface area contributed by atoms with Gasteiger partial charge in [-0.15, -0.1) is 0 Å². The molecule has 0 aromatic heterocycles. The van der Waals surface area contributed by atoms with Gasteiger partial charge in [-0.3, -0.25) is 0 Å². The number of hydrogen-bond donors (Lipinski definition) is 0. The average molecular weight is 629 g/mol. The second-order valence-electron chi connectivity index (χ2n) is 12.4. The van der Waals surface area contributed by atoms with E-state index in [1.54, 1.807) is 14.2 Å². The summed E-state index contributed by atoms with van der Waals surface area (Å²) in [5.41, 5.74) is 2.84. The van der Waals surface area contributed by atoms with E-state index in [1.165, 1.54) is 5.57 Å². The molecule has 0 aromatic carbocycles. The van der Waals surface area contributed by atoms with Crippen LogP contribution in [0.25, 0.3) is 0 Å². The molecule has 7 heteroatoms. The first kappa shape index (κ1) is 34.7. The summed E-state index contributed by atoms with van der Waals surface area (Å²) in [5, 5.41) is 0.139. The van der Waals surface area contributed by atoms with Gasteiger partial charge in [0, 0.05) is 31.0 Å². The summed E-state index contributed by atoms with van der Waals surface area (Å²) in [6.45, 7) is 30.3. The highest BCUT2D eigenvalue weighted by Gasteiger charge is 2.49. The third kappa shape index (κ3) is 8.94. The zero-order valence-corrected chi connectivity index (χ0v) is 29.2. The van der Waals surface area contributed by atoms with Gasteiger partial charge in [0.05, 0.1) is 12.2 Å². The summed E-state index contributed by atoms with van der Waals surface area (Å²) in [6.07, 6.45) is 2.70. The molecule has 0 heterocycles. The summed E-state index contributed by atoms with van der Waals surface area (Å²) >= 11 is 2.43. The van der Waals surface area contributed by atoms with Crippen LogP contribution in [0.1, 0.15) is 82.6 Å². The molecule has 0 aliphatic carbocycles. The molecule has 204 valence electrons. The van der Waals surface area contributed by atoms with Crippen molar-refractivity contribution >= 4 is 39.2 Å². The van der Waals surface area contributed by atoms with E-state index >= 15 is 0 Å². The first-order valence-corrected chi connectivity index (χ1v) is 19.6. The van der Waals surface area contributed by atoms with Crippen molar-refractivity contribution in [2.45, 2.75) is 136 Å². The Hall–Kier alpha value is 0.744. The van der Waals surface area contributed by atoms with E-state index in [-0.39, 0.29) is 29.5 Å². The second kappa shape index (κ2) is 14.6. The lowest BCUT2D eigenvalue weighted by molar-refractivity contribution is -0.129. The highest BCUT2D eigenvalue weighted by molar-refractivity contribution is 14.1. The van der Waals surface area contributed by atoms with Gasteiger partial charge in [0.15, 0.2) is 14.6 Å². The van der Waals surface area contributed by atoms with Crippen LogP contribution in [0.2, 0.25) is 34.8 Å². The molecular formula is C27H57IO4Si2. The third-order valence-corrected chi connectivity index (χ3v) is 19.2. The second-order valence-corrected chi connectivity index (χ2v) is 23.4. The molecule has 0 spiro atoms. The smallest absolute Gasteiger partial charge is 0.200 e. The van der Waals surface area contributed by atoms with E-state index in [0.29, 0.717) is 23.0 Å². The molecule has 3 atom stereocenters. The number of hydrogen-bond acceptors (Lipinski definition) is 4. The van der Waals surface area contributed by atoms with Crippen molar-refractivity contribution in [1.29, 1.82) is 0 Å². The van der Waals surface area contributed by atoms with E-state index in [9.17, 15) is 0 Å². The van der Waals surface area contributed by atoms with Gasteiger partial charge < -0.3 is 18.3 Å². The van der Waals surface area contributed by atoms with E-state index in [1.807, 2.05) is 0 Å². The van der Waals surface area contributed by atoms with Gasteiger partial charge in [0.2, 0.25) is 8.32 Å². The lowest BCUT2D eigenvalue weighted by Gasteiger charge is -2.48. The molecule has 0 aromatic rings.